The zero-order valence-corrected chi connectivity index (χ0v) is 21.2. The molecule has 0 unspecified atom stereocenters. The molecule has 37 heavy (non-hydrogen) atoms. The number of rotatable bonds is 7. The van der Waals surface area contributed by atoms with Gasteiger partial charge in [-0.15, -0.1) is 0 Å². The summed E-state index contributed by atoms with van der Waals surface area (Å²) >= 11 is 1.69. The van der Waals surface area contributed by atoms with Crippen LogP contribution in [0.15, 0.2) is 65.9 Å². The minimum atomic E-state index is 0.798. The van der Waals surface area contributed by atoms with E-state index in [-0.39, 0.29) is 0 Å². The molecule has 6 aromatic heterocycles. The van der Waals surface area contributed by atoms with Gasteiger partial charge in [-0.1, -0.05) is 12.8 Å². The van der Waals surface area contributed by atoms with E-state index in [1.54, 1.807) is 11.3 Å². The van der Waals surface area contributed by atoms with Crippen molar-refractivity contribution in [2.24, 2.45) is 5.92 Å². The lowest BCUT2D eigenvalue weighted by molar-refractivity contribution is 0.489. The van der Waals surface area contributed by atoms with Crippen molar-refractivity contribution >= 4 is 33.3 Å². The van der Waals surface area contributed by atoms with Crippen LogP contribution in [0.1, 0.15) is 31.2 Å². The third-order valence-corrected chi connectivity index (χ3v) is 8.05. The van der Waals surface area contributed by atoms with E-state index in [0.717, 1.165) is 69.2 Å². The van der Waals surface area contributed by atoms with Crippen LogP contribution in [0.5, 0.6) is 0 Å². The van der Waals surface area contributed by atoms with E-state index in [4.69, 9.17) is 4.98 Å². The number of fused-ring (bicyclic) bond motifs is 2. The summed E-state index contributed by atoms with van der Waals surface area (Å²) in [5.74, 6) is 0.821. The molecule has 0 spiro atoms. The van der Waals surface area contributed by atoms with Crippen LogP contribution in [-0.2, 0) is 6.54 Å². The van der Waals surface area contributed by atoms with Crippen molar-refractivity contribution in [3.05, 3.63) is 71.4 Å². The van der Waals surface area contributed by atoms with Crippen molar-refractivity contribution in [3.63, 3.8) is 0 Å². The monoisotopic (exact) mass is 505 g/mol. The molecular weight excluding hydrogens is 478 g/mol. The highest BCUT2D eigenvalue weighted by atomic mass is 32.1. The highest BCUT2D eigenvalue weighted by molar-refractivity contribution is 7.08. The standard InChI is InChI=1S/C29H27N7S/c1-2-4-18(3-1)11-30-12-19-9-21(14-31-13-19)24-5-6-25-28(34-24)29(36-35-25)26-10-22-23(20-7-8-37-17-20)15-32-16-27(22)33-26/h5-10,13-18,30,33H,1-4,11-12H2,(H,35,36). The third kappa shape index (κ3) is 4.32. The first kappa shape index (κ1) is 22.3. The smallest absolute Gasteiger partial charge is 0.135 e. The number of thiophene rings is 1. The Morgan fingerprint density at radius 2 is 1.86 bits per heavy atom. The minimum absolute atomic E-state index is 0.798. The van der Waals surface area contributed by atoms with Gasteiger partial charge in [-0.25, -0.2) is 4.98 Å². The Bertz CT molecular complexity index is 1680. The Morgan fingerprint density at radius 1 is 0.946 bits per heavy atom. The van der Waals surface area contributed by atoms with E-state index in [0.29, 0.717) is 0 Å². The summed E-state index contributed by atoms with van der Waals surface area (Å²) in [6.07, 6.45) is 13.1. The van der Waals surface area contributed by atoms with Crippen molar-refractivity contribution in [2.45, 2.75) is 32.2 Å². The molecule has 1 fully saturated rings. The largest absolute Gasteiger partial charge is 0.352 e. The Morgan fingerprint density at radius 3 is 2.76 bits per heavy atom. The van der Waals surface area contributed by atoms with Crippen LogP contribution >= 0.6 is 11.3 Å². The molecule has 8 heteroatoms. The highest BCUT2D eigenvalue weighted by Crippen LogP contribution is 2.34. The number of aromatic nitrogens is 6. The lowest BCUT2D eigenvalue weighted by atomic mass is 10.1. The van der Waals surface area contributed by atoms with Crippen molar-refractivity contribution in [1.29, 1.82) is 0 Å². The van der Waals surface area contributed by atoms with Gasteiger partial charge in [-0.05, 0) is 77.5 Å². The Hall–Kier alpha value is -3.88. The average Bonchev–Trinajstić information content (AvgIpc) is 3.74. The first-order valence-corrected chi connectivity index (χ1v) is 13.8. The second-order valence-corrected chi connectivity index (χ2v) is 10.7. The van der Waals surface area contributed by atoms with Crippen LogP contribution < -0.4 is 5.32 Å². The van der Waals surface area contributed by atoms with Crippen LogP contribution in [0.2, 0.25) is 0 Å². The molecule has 3 N–H and O–H groups in total. The van der Waals surface area contributed by atoms with Gasteiger partial charge in [0.05, 0.1) is 28.6 Å². The van der Waals surface area contributed by atoms with Crippen molar-refractivity contribution < 1.29 is 0 Å². The number of hydrogen-bond donors (Lipinski definition) is 3. The van der Waals surface area contributed by atoms with Gasteiger partial charge < -0.3 is 10.3 Å². The molecular formula is C29H27N7S. The molecule has 6 heterocycles. The lowest BCUT2D eigenvalue weighted by Crippen LogP contribution is -2.20. The number of aromatic amines is 2. The fourth-order valence-electron chi connectivity index (χ4n) is 5.43. The SMILES string of the molecule is c1cc(-c2cncc3[nH]c(-c4n[nH]c5ccc(-c6cncc(CNCC7CCCC7)c6)nc45)cc23)cs1. The predicted molar refractivity (Wildman–Crippen MR) is 149 cm³/mol. The first-order chi connectivity index (χ1) is 18.3. The second-order valence-electron chi connectivity index (χ2n) is 9.87. The molecule has 0 radical (unpaired) electrons. The molecule has 0 aromatic carbocycles. The van der Waals surface area contributed by atoms with Gasteiger partial charge in [0.25, 0.3) is 0 Å². The molecule has 0 bridgehead atoms. The maximum absolute atomic E-state index is 5.02. The molecule has 0 saturated heterocycles. The van der Waals surface area contributed by atoms with E-state index in [2.05, 4.69) is 59.4 Å². The van der Waals surface area contributed by atoms with Crippen LogP contribution in [0.25, 0.3) is 55.7 Å². The van der Waals surface area contributed by atoms with Crippen LogP contribution in [0.4, 0.5) is 0 Å². The summed E-state index contributed by atoms with van der Waals surface area (Å²) in [4.78, 5) is 17.5. The van der Waals surface area contributed by atoms with Crippen molar-refractivity contribution in [1.82, 2.24) is 35.5 Å². The maximum Gasteiger partial charge on any atom is 0.135 e. The van der Waals surface area contributed by atoms with E-state index in [9.17, 15) is 0 Å². The molecule has 184 valence electrons. The van der Waals surface area contributed by atoms with Gasteiger partial charge >= 0.3 is 0 Å². The van der Waals surface area contributed by atoms with Gasteiger partial charge in [0, 0.05) is 41.6 Å². The Labute approximate surface area is 218 Å². The quantitative estimate of drug-likeness (QED) is 0.228. The number of hydrogen-bond acceptors (Lipinski definition) is 6. The second kappa shape index (κ2) is 9.53. The van der Waals surface area contributed by atoms with Gasteiger partial charge in [0.2, 0.25) is 0 Å². The number of nitrogens with one attached hydrogen (secondary N) is 3. The van der Waals surface area contributed by atoms with Gasteiger partial charge in [-0.2, -0.15) is 16.4 Å². The molecule has 1 aliphatic rings. The topological polar surface area (TPSA) is 95.2 Å². The highest BCUT2D eigenvalue weighted by Gasteiger charge is 2.17. The lowest BCUT2D eigenvalue weighted by Gasteiger charge is -2.11. The number of pyridine rings is 3. The Balaban J connectivity index is 1.20. The van der Waals surface area contributed by atoms with Gasteiger partial charge in [-0.3, -0.25) is 15.1 Å². The summed E-state index contributed by atoms with van der Waals surface area (Å²) in [7, 11) is 0. The first-order valence-electron chi connectivity index (χ1n) is 12.8. The molecule has 6 aromatic rings. The summed E-state index contributed by atoms with van der Waals surface area (Å²) in [6.45, 7) is 1.91. The minimum Gasteiger partial charge on any atom is -0.352 e. The molecule has 0 atom stereocenters. The zero-order chi connectivity index (χ0) is 24.6. The van der Waals surface area contributed by atoms with Gasteiger partial charge in [0.1, 0.15) is 11.2 Å². The molecule has 0 aliphatic heterocycles. The molecule has 1 saturated carbocycles. The Kier molecular flexibility index (Phi) is 5.75. The fourth-order valence-corrected chi connectivity index (χ4v) is 6.09. The predicted octanol–water partition coefficient (Wildman–Crippen LogP) is 6.57. The van der Waals surface area contributed by atoms with E-state index >= 15 is 0 Å². The summed E-state index contributed by atoms with van der Waals surface area (Å²) < 4.78 is 0. The van der Waals surface area contributed by atoms with Crippen LogP contribution in [0.3, 0.4) is 0 Å². The third-order valence-electron chi connectivity index (χ3n) is 7.37. The number of H-pyrrole nitrogens is 2. The molecule has 7 rings (SSSR count). The van der Waals surface area contributed by atoms with Crippen LogP contribution in [-0.4, -0.2) is 36.7 Å². The molecule has 0 amide bonds. The van der Waals surface area contributed by atoms with Crippen molar-refractivity contribution in [3.8, 4) is 33.8 Å². The van der Waals surface area contributed by atoms with Crippen LogP contribution in [0, 0.1) is 5.92 Å². The fraction of sp³-hybridized carbons (Fsp3) is 0.241. The average molecular weight is 506 g/mol. The normalized spacial score (nSPS) is 14.3. The van der Waals surface area contributed by atoms with Crippen molar-refractivity contribution in [2.75, 3.05) is 6.54 Å². The molecule has 1 aliphatic carbocycles. The van der Waals surface area contributed by atoms with Gasteiger partial charge in [0.15, 0.2) is 0 Å². The molecule has 7 nitrogen and oxygen atoms in total. The van der Waals surface area contributed by atoms with E-state index < -0.39 is 0 Å². The maximum atomic E-state index is 5.02. The summed E-state index contributed by atoms with van der Waals surface area (Å²) in [5.41, 5.74) is 9.78. The van der Waals surface area contributed by atoms with E-state index in [1.165, 1.54) is 36.8 Å². The number of nitrogens with zero attached hydrogens (tertiary/aromatic N) is 4. The van der Waals surface area contributed by atoms with E-state index in [1.807, 2.05) is 36.9 Å². The summed E-state index contributed by atoms with van der Waals surface area (Å²) in [5, 5.41) is 16.7. The zero-order valence-electron chi connectivity index (χ0n) is 20.4. The summed E-state index contributed by atoms with van der Waals surface area (Å²) in [6, 6.07) is 10.5.